The lowest BCUT2D eigenvalue weighted by atomic mass is 9.64. The molecular weight excluding hydrogens is 162 g/mol. The quantitative estimate of drug-likeness (QED) is 0.687. The predicted molar refractivity (Wildman–Crippen MR) is 55.7 cm³/mol. The van der Waals surface area contributed by atoms with Crippen molar-refractivity contribution in [3.05, 3.63) is 0 Å². The van der Waals surface area contributed by atoms with Gasteiger partial charge in [0.15, 0.2) is 0 Å². The topological polar surface area (TPSA) is 32.3 Å². The molecule has 13 heavy (non-hydrogen) atoms. The Morgan fingerprint density at radius 3 is 2.54 bits per heavy atom. The lowest BCUT2D eigenvalue weighted by Gasteiger charge is -2.50. The van der Waals surface area contributed by atoms with E-state index in [2.05, 4.69) is 33.0 Å². The molecule has 0 radical (unpaired) electrons. The standard InChI is InChI=1S/C11H23NO/c1-5-9(2)11(13)6-7-12-8-10(11,3)4/h9,12-13H,5-8H2,1-4H3. The van der Waals surface area contributed by atoms with E-state index < -0.39 is 5.60 Å². The van der Waals surface area contributed by atoms with Crippen LogP contribution in [0.4, 0.5) is 0 Å². The van der Waals surface area contributed by atoms with Crippen molar-refractivity contribution in [3.63, 3.8) is 0 Å². The van der Waals surface area contributed by atoms with E-state index >= 15 is 0 Å². The lowest BCUT2D eigenvalue weighted by Crippen LogP contribution is -2.59. The molecular formula is C11H23NO. The summed E-state index contributed by atoms with van der Waals surface area (Å²) in [7, 11) is 0. The average molecular weight is 185 g/mol. The Morgan fingerprint density at radius 1 is 1.46 bits per heavy atom. The van der Waals surface area contributed by atoms with E-state index in [-0.39, 0.29) is 5.41 Å². The zero-order chi connectivity index (χ0) is 10.1. The second-order valence-corrected chi connectivity index (χ2v) is 5.04. The van der Waals surface area contributed by atoms with Gasteiger partial charge in [-0.2, -0.15) is 0 Å². The third-order valence-corrected chi connectivity index (χ3v) is 3.85. The second kappa shape index (κ2) is 3.58. The van der Waals surface area contributed by atoms with Gasteiger partial charge >= 0.3 is 0 Å². The van der Waals surface area contributed by atoms with Gasteiger partial charge in [-0.05, 0) is 18.9 Å². The van der Waals surface area contributed by atoms with E-state index in [1.165, 1.54) is 0 Å². The minimum absolute atomic E-state index is 0.000671. The summed E-state index contributed by atoms with van der Waals surface area (Å²) in [6.07, 6.45) is 1.94. The van der Waals surface area contributed by atoms with Crippen LogP contribution in [0, 0.1) is 11.3 Å². The average Bonchev–Trinajstić information content (AvgIpc) is 2.08. The van der Waals surface area contributed by atoms with Crippen molar-refractivity contribution in [3.8, 4) is 0 Å². The van der Waals surface area contributed by atoms with Crippen LogP contribution in [0.2, 0.25) is 0 Å². The van der Waals surface area contributed by atoms with Gasteiger partial charge in [0.25, 0.3) is 0 Å². The maximum Gasteiger partial charge on any atom is 0.0747 e. The van der Waals surface area contributed by atoms with Crippen LogP contribution in [0.25, 0.3) is 0 Å². The summed E-state index contributed by atoms with van der Waals surface area (Å²) in [5.74, 6) is 0.393. The van der Waals surface area contributed by atoms with Gasteiger partial charge in [0, 0.05) is 12.0 Å². The maximum absolute atomic E-state index is 10.6. The van der Waals surface area contributed by atoms with Gasteiger partial charge < -0.3 is 10.4 Å². The SMILES string of the molecule is CCC(C)C1(O)CCNCC1(C)C. The highest BCUT2D eigenvalue weighted by Gasteiger charge is 2.47. The number of hydrogen-bond donors (Lipinski definition) is 2. The van der Waals surface area contributed by atoms with E-state index in [0.29, 0.717) is 5.92 Å². The molecule has 1 heterocycles. The largest absolute Gasteiger partial charge is 0.389 e. The van der Waals surface area contributed by atoms with E-state index in [0.717, 1.165) is 25.9 Å². The summed E-state index contributed by atoms with van der Waals surface area (Å²) in [6.45, 7) is 10.5. The summed E-state index contributed by atoms with van der Waals surface area (Å²) in [5, 5.41) is 14.0. The van der Waals surface area contributed by atoms with Crippen LogP contribution in [0.15, 0.2) is 0 Å². The van der Waals surface area contributed by atoms with E-state index in [1.54, 1.807) is 0 Å². The van der Waals surface area contributed by atoms with Crippen molar-refractivity contribution >= 4 is 0 Å². The Hall–Kier alpha value is -0.0800. The fourth-order valence-electron chi connectivity index (χ4n) is 2.42. The molecule has 0 amide bonds. The first-order chi connectivity index (χ1) is 5.94. The van der Waals surface area contributed by atoms with Crippen LogP contribution in [0.5, 0.6) is 0 Å². The minimum atomic E-state index is -0.479. The molecule has 0 bridgehead atoms. The molecule has 1 fully saturated rings. The van der Waals surface area contributed by atoms with Crippen LogP contribution in [-0.4, -0.2) is 23.8 Å². The molecule has 0 aromatic heterocycles. The molecule has 1 aliphatic heterocycles. The first-order valence-corrected chi connectivity index (χ1v) is 5.37. The van der Waals surface area contributed by atoms with Crippen molar-refractivity contribution in [2.24, 2.45) is 11.3 Å². The van der Waals surface area contributed by atoms with Crippen LogP contribution >= 0.6 is 0 Å². The second-order valence-electron chi connectivity index (χ2n) is 5.04. The van der Waals surface area contributed by atoms with Crippen molar-refractivity contribution in [1.29, 1.82) is 0 Å². The Kier molecular flexibility index (Phi) is 3.03. The molecule has 0 aliphatic carbocycles. The van der Waals surface area contributed by atoms with Crippen molar-refractivity contribution in [2.45, 2.75) is 46.1 Å². The summed E-state index contributed by atoms with van der Waals surface area (Å²) in [6, 6.07) is 0. The number of piperidine rings is 1. The smallest absolute Gasteiger partial charge is 0.0747 e. The molecule has 2 atom stereocenters. The molecule has 2 N–H and O–H groups in total. The van der Waals surface area contributed by atoms with Gasteiger partial charge in [0.1, 0.15) is 0 Å². The Labute approximate surface area is 81.7 Å². The summed E-state index contributed by atoms with van der Waals surface area (Å²) in [4.78, 5) is 0. The van der Waals surface area contributed by atoms with Crippen LogP contribution in [0.3, 0.4) is 0 Å². The van der Waals surface area contributed by atoms with Gasteiger partial charge in [0.05, 0.1) is 5.60 Å². The molecule has 0 saturated carbocycles. The molecule has 1 rings (SSSR count). The molecule has 2 nitrogen and oxygen atoms in total. The molecule has 1 saturated heterocycles. The molecule has 0 aromatic carbocycles. The summed E-state index contributed by atoms with van der Waals surface area (Å²) < 4.78 is 0. The molecule has 0 aromatic rings. The number of hydrogen-bond acceptors (Lipinski definition) is 2. The molecule has 0 spiro atoms. The van der Waals surface area contributed by atoms with E-state index in [4.69, 9.17) is 0 Å². The van der Waals surface area contributed by atoms with Crippen LogP contribution in [0.1, 0.15) is 40.5 Å². The maximum atomic E-state index is 10.6. The van der Waals surface area contributed by atoms with Gasteiger partial charge in [-0.1, -0.05) is 34.1 Å². The van der Waals surface area contributed by atoms with E-state index in [1.807, 2.05) is 0 Å². The van der Waals surface area contributed by atoms with Gasteiger partial charge in [-0.3, -0.25) is 0 Å². The van der Waals surface area contributed by atoms with Crippen LogP contribution < -0.4 is 5.32 Å². The van der Waals surface area contributed by atoms with Crippen LogP contribution in [-0.2, 0) is 0 Å². The molecule has 1 aliphatic rings. The number of nitrogens with one attached hydrogen (secondary N) is 1. The summed E-state index contributed by atoms with van der Waals surface area (Å²) >= 11 is 0. The first kappa shape index (κ1) is 11.0. The fourth-order valence-corrected chi connectivity index (χ4v) is 2.42. The van der Waals surface area contributed by atoms with Gasteiger partial charge in [-0.15, -0.1) is 0 Å². The minimum Gasteiger partial charge on any atom is -0.389 e. The van der Waals surface area contributed by atoms with Crippen molar-refractivity contribution in [2.75, 3.05) is 13.1 Å². The van der Waals surface area contributed by atoms with Crippen molar-refractivity contribution in [1.82, 2.24) is 5.32 Å². The van der Waals surface area contributed by atoms with E-state index in [9.17, 15) is 5.11 Å². The first-order valence-electron chi connectivity index (χ1n) is 5.37. The molecule has 78 valence electrons. The van der Waals surface area contributed by atoms with Gasteiger partial charge in [0.2, 0.25) is 0 Å². The fraction of sp³-hybridized carbons (Fsp3) is 1.00. The highest BCUT2D eigenvalue weighted by molar-refractivity contribution is 5.00. The zero-order valence-electron chi connectivity index (χ0n) is 9.35. The number of rotatable bonds is 2. The normalized spacial score (nSPS) is 35.8. The third-order valence-electron chi connectivity index (χ3n) is 3.85. The Bertz CT molecular complexity index is 179. The lowest BCUT2D eigenvalue weighted by molar-refractivity contribution is -0.126. The summed E-state index contributed by atoms with van der Waals surface area (Å²) in [5.41, 5.74) is -0.478. The Balaban J connectivity index is 2.83. The molecule has 2 heteroatoms. The Morgan fingerprint density at radius 2 is 2.08 bits per heavy atom. The zero-order valence-corrected chi connectivity index (χ0v) is 9.35. The highest BCUT2D eigenvalue weighted by Crippen LogP contribution is 2.42. The third kappa shape index (κ3) is 1.75. The predicted octanol–water partition coefficient (Wildman–Crippen LogP) is 1.78. The highest BCUT2D eigenvalue weighted by atomic mass is 16.3. The van der Waals surface area contributed by atoms with Crippen molar-refractivity contribution < 1.29 is 5.11 Å². The number of aliphatic hydroxyl groups is 1. The molecule has 2 unspecified atom stereocenters. The monoisotopic (exact) mass is 185 g/mol. The van der Waals surface area contributed by atoms with Gasteiger partial charge in [-0.25, -0.2) is 0 Å².